The topological polar surface area (TPSA) is 48.0 Å². The number of carbonyl (C=O) groups excluding carboxylic acids is 1. The minimum Gasteiger partial charge on any atom is -0.497 e. The van der Waals surface area contributed by atoms with Gasteiger partial charge >= 0.3 is 0 Å². The largest absolute Gasteiger partial charge is 0.497 e. The molecule has 2 rings (SSSR count). The van der Waals surface area contributed by atoms with Gasteiger partial charge in [-0.25, -0.2) is 0 Å². The Balaban J connectivity index is 2.16. The van der Waals surface area contributed by atoms with Crippen LogP contribution in [0, 0.1) is 0 Å². The van der Waals surface area contributed by atoms with Gasteiger partial charge in [0.2, 0.25) is 0 Å². The third kappa shape index (κ3) is 3.67. The quantitative estimate of drug-likeness (QED) is 0.808. The number of nitrogens with zero attached hydrogens (tertiary/aromatic N) is 1. The summed E-state index contributed by atoms with van der Waals surface area (Å²) in [5.74, 6) is 1.17. The minimum absolute atomic E-state index is 0.0347. The molecule has 1 atom stereocenters. The van der Waals surface area contributed by atoms with Crippen LogP contribution in [0.4, 0.5) is 0 Å². The zero-order valence-electron chi connectivity index (χ0n) is 12.9. The zero-order chi connectivity index (χ0) is 15.2. The summed E-state index contributed by atoms with van der Waals surface area (Å²) in [7, 11) is 3.15. The molecule has 0 spiro atoms. The maximum atomic E-state index is 12.7. The highest BCUT2D eigenvalue weighted by Gasteiger charge is 2.24. The number of amides is 1. The van der Waals surface area contributed by atoms with E-state index in [0.29, 0.717) is 30.2 Å². The Kier molecular flexibility index (Phi) is 5.44. The van der Waals surface area contributed by atoms with Crippen LogP contribution in [0.5, 0.6) is 11.5 Å². The van der Waals surface area contributed by atoms with E-state index >= 15 is 0 Å². The van der Waals surface area contributed by atoms with E-state index in [4.69, 9.17) is 14.2 Å². The molecule has 1 amide bonds. The molecule has 0 radical (unpaired) electrons. The maximum absolute atomic E-state index is 12.7. The Hall–Kier alpha value is -1.75. The Morgan fingerprint density at radius 1 is 1.38 bits per heavy atom. The summed E-state index contributed by atoms with van der Waals surface area (Å²) < 4.78 is 16.1. The van der Waals surface area contributed by atoms with Crippen molar-refractivity contribution in [1.29, 1.82) is 0 Å². The molecule has 1 heterocycles. The molecule has 1 saturated heterocycles. The molecule has 1 aliphatic heterocycles. The van der Waals surface area contributed by atoms with Gasteiger partial charge in [-0.1, -0.05) is 0 Å². The van der Waals surface area contributed by atoms with Gasteiger partial charge in [0.25, 0.3) is 5.91 Å². The molecule has 1 aromatic carbocycles. The molecule has 21 heavy (non-hydrogen) atoms. The molecule has 5 heteroatoms. The Labute approximate surface area is 125 Å². The first kappa shape index (κ1) is 15.6. The van der Waals surface area contributed by atoms with Crippen molar-refractivity contribution < 1.29 is 19.0 Å². The molecular weight excluding hydrogens is 270 g/mol. The van der Waals surface area contributed by atoms with E-state index in [0.717, 1.165) is 19.4 Å². The monoisotopic (exact) mass is 293 g/mol. The number of rotatable bonds is 6. The van der Waals surface area contributed by atoms with Gasteiger partial charge in [0.05, 0.1) is 25.9 Å². The fourth-order valence-electron chi connectivity index (χ4n) is 2.54. The van der Waals surface area contributed by atoms with Crippen LogP contribution >= 0.6 is 0 Å². The van der Waals surface area contributed by atoms with Crippen molar-refractivity contribution in [1.82, 2.24) is 4.90 Å². The van der Waals surface area contributed by atoms with Crippen LogP contribution in [0.15, 0.2) is 18.2 Å². The van der Waals surface area contributed by atoms with Gasteiger partial charge in [0, 0.05) is 25.8 Å². The molecule has 0 bridgehead atoms. The van der Waals surface area contributed by atoms with Crippen molar-refractivity contribution in [3.05, 3.63) is 23.8 Å². The molecule has 0 aliphatic carbocycles. The third-order valence-electron chi connectivity index (χ3n) is 3.76. The van der Waals surface area contributed by atoms with Gasteiger partial charge in [0.15, 0.2) is 0 Å². The molecule has 1 aliphatic rings. The molecule has 116 valence electrons. The van der Waals surface area contributed by atoms with Crippen molar-refractivity contribution in [2.24, 2.45) is 0 Å². The van der Waals surface area contributed by atoms with E-state index in [2.05, 4.69) is 0 Å². The van der Waals surface area contributed by atoms with E-state index in [1.807, 2.05) is 6.92 Å². The minimum atomic E-state index is -0.0347. The summed E-state index contributed by atoms with van der Waals surface area (Å²) in [5, 5.41) is 0. The predicted octanol–water partition coefficient (Wildman–Crippen LogP) is 2.34. The van der Waals surface area contributed by atoms with Gasteiger partial charge in [-0.15, -0.1) is 0 Å². The summed E-state index contributed by atoms with van der Waals surface area (Å²) in [6.07, 6.45) is 2.24. The van der Waals surface area contributed by atoms with Crippen molar-refractivity contribution in [2.75, 3.05) is 33.9 Å². The highest BCUT2D eigenvalue weighted by atomic mass is 16.5. The summed E-state index contributed by atoms with van der Waals surface area (Å²) >= 11 is 0. The van der Waals surface area contributed by atoms with E-state index in [-0.39, 0.29) is 12.0 Å². The Bertz CT molecular complexity index is 483. The van der Waals surface area contributed by atoms with E-state index in [1.54, 1.807) is 37.3 Å². The highest BCUT2D eigenvalue weighted by Crippen LogP contribution is 2.26. The van der Waals surface area contributed by atoms with E-state index < -0.39 is 0 Å². The lowest BCUT2D eigenvalue weighted by Crippen LogP contribution is -2.37. The lowest BCUT2D eigenvalue weighted by atomic mass is 10.1. The number of benzene rings is 1. The van der Waals surface area contributed by atoms with Gasteiger partial charge < -0.3 is 19.1 Å². The molecule has 0 saturated carbocycles. The second-order valence-electron chi connectivity index (χ2n) is 5.05. The van der Waals surface area contributed by atoms with E-state index in [9.17, 15) is 4.79 Å². The lowest BCUT2D eigenvalue weighted by molar-refractivity contribution is 0.0536. The highest BCUT2D eigenvalue weighted by molar-refractivity contribution is 5.97. The Morgan fingerprint density at radius 2 is 2.19 bits per heavy atom. The van der Waals surface area contributed by atoms with E-state index in [1.165, 1.54) is 0 Å². The first-order valence-electron chi connectivity index (χ1n) is 7.32. The van der Waals surface area contributed by atoms with Gasteiger partial charge in [-0.3, -0.25) is 4.79 Å². The summed E-state index contributed by atoms with van der Waals surface area (Å²) in [6.45, 7) is 4.05. The van der Waals surface area contributed by atoms with Gasteiger partial charge in [-0.05, 0) is 31.9 Å². The third-order valence-corrected chi connectivity index (χ3v) is 3.76. The second-order valence-corrected chi connectivity index (χ2v) is 5.05. The van der Waals surface area contributed by atoms with Crippen LogP contribution in [-0.2, 0) is 4.74 Å². The first-order chi connectivity index (χ1) is 10.2. The number of hydrogen-bond acceptors (Lipinski definition) is 4. The fraction of sp³-hybridized carbons (Fsp3) is 0.562. The fourth-order valence-corrected chi connectivity index (χ4v) is 2.54. The molecule has 1 aromatic rings. The second kappa shape index (κ2) is 7.31. The number of hydrogen-bond donors (Lipinski definition) is 0. The van der Waals surface area contributed by atoms with Crippen LogP contribution in [0.2, 0.25) is 0 Å². The molecule has 0 unspecified atom stereocenters. The molecule has 0 aromatic heterocycles. The van der Waals surface area contributed by atoms with Crippen LogP contribution in [-0.4, -0.2) is 50.8 Å². The standard InChI is InChI=1S/C16H23NO4/c1-4-17(11-13-6-5-9-21-13)16(18)14-8-7-12(19-2)10-15(14)20-3/h7-8,10,13H,4-6,9,11H2,1-3H3/t13-/m0/s1. The predicted molar refractivity (Wildman–Crippen MR) is 80.1 cm³/mol. The van der Waals surface area contributed by atoms with Gasteiger partial charge in [0.1, 0.15) is 11.5 Å². The average Bonchev–Trinajstić information content (AvgIpc) is 3.04. The van der Waals surface area contributed by atoms with Crippen LogP contribution < -0.4 is 9.47 Å². The molecule has 0 N–H and O–H groups in total. The number of carbonyl (C=O) groups is 1. The molecule has 1 fully saturated rings. The lowest BCUT2D eigenvalue weighted by Gasteiger charge is -2.24. The van der Waals surface area contributed by atoms with Crippen LogP contribution in [0.3, 0.4) is 0 Å². The molecular formula is C16H23NO4. The van der Waals surface area contributed by atoms with Crippen molar-refractivity contribution in [2.45, 2.75) is 25.9 Å². The number of likely N-dealkylation sites (N-methyl/N-ethyl adjacent to an activating group) is 1. The normalized spacial score (nSPS) is 17.6. The summed E-state index contributed by atoms with van der Waals surface area (Å²) in [6, 6.07) is 5.25. The summed E-state index contributed by atoms with van der Waals surface area (Å²) in [5.41, 5.74) is 0.554. The van der Waals surface area contributed by atoms with Crippen molar-refractivity contribution in [3.63, 3.8) is 0 Å². The van der Waals surface area contributed by atoms with Crippen LogP contribution in [0.25, 0.3) is 0 Å². The van der Waals surface area contributed by atoms with Crippen molar-refractivity contribution >= 4 is 5.91 Å². The Morgan fingerprint density at radius 3 is 2.76 bits per heavy atom. The van der Waals surface area contributed by atoms with Crippen molar-refractivity contribution in [3.8, 4) is 11.5 Å². The number of ether oxygens (including phenoxy) is 3. The number of methoxy groups -OCH3 is 2. The average molecular weight is 293 g/mol. The van der Waals surface area contributed by atoms with Crippen LogP contribution in [0.1, 0.15) is 30.1 Å². The first-order valence-corrected chi connectivity index (χ1v) is 7.32. The summed E-state index contributed by atoms with van der Waals surface area (Å²) in [4.78, 5) is 14.5. The van der Waals surface area contributed by atoms with Gasteiger partial charge in [-0.2, -0.15) is 0 Å². The molecule has 5 nitrogen and oxygen atoms in total. The smallest absolute Gasteiger partial charge is 0.257 e. The SMILES string of the molecule is CCN(C[C@@H]1CCCO1)C(=O)c1ccc(OC)cc1OC. The zero-order valence-corrected chi connectivity index (χ0v) is 12.9. The maximum Gasteiger partial charge on any atom is 0.257 e.